The number of hydrogen-bond acceptors (Lipinski definition) is 3. The maximum atomic E-state index is 13.6. The van der Waals surface area contributed by atoms with E-state index in [2.05, 4.69) is 4.74 Å². The molecule has 0 atom stereocenters. The van der Waals surface area contributed by atoms with Crippen molar-refractivity contribution in [2.75, 3.05) is 13.7 Å². The van der Waals surface area contributed by atoms with Crippen LogP contribution in [0, 0.1) is 5.82 Å². The number of hydrogen-bond donors (Lipinski definition) is 0. The lowest BCUT2D eigenvalue weighted by Crippen LogP contribution is -2.00. The van der Waals surface area contributed by atoms with Crippen molar-refractivity contribution in [2.24, 2.45) is 0 Å². The Morgan fingerprint density at radius 3 is 2.65 bits per heavy atom. The summed E-state index contributed by atoms with van der Waals surface area (Å²) in [4.78, 5) is 11.5. The first-order valence-corrected chi connectivity index (χ1v) is 6.26. The van der Waals surface area contributed by atoms with Crippen molar-refractivity contribution in [3.8, 4) is 16.9 Å². The Morgan fingerprint density at radius 2 is 1.95 bits per heavy atom. The van der Waals surface area contributed by atoms with Gasteiger partial charge < -0.3 is 9.47 Å². The van der Waals surface area contributed by atoms with E-state index >= 15 is 0 Å². The van der Waals surface area contributed by atoms with Gasteiger partial charge in [-0.15, -0.1) is 0 Å². The summed E-state index contributed by atoms with van der Waals surface area (Å²) in [6.07, 6.45) is 0. The molecule has 0 aliphatic heterocycles. The van der Waals surface area contributed by atoms with E-state index in [-0.39, 0.29) is 5.82 Å². The number of carbonyl (C=O) groups is 1. The highest BCUT2D eigenvalue weighted by atomic mass is 19.1. The largest absolute Gasteiger partial charge is 0.494 e. The van der Waals surface area contributed by atoms with E-state index in [4.69, 9.17) is 4.74 Å². The molecule has 0 N–H and O–H groups in total. The molecule has 0 bridgehead atoms. The highest BCUT2D eigenvalue weighted by molar-refractivity contribution is 5.91. The Labute approximate surface area is 117 Å². The predicted molar refractivity (Wildman–Crippen MR) is 74.3 cm³/mol. The lowest BCUT2D eigenvalue weighted by molar-refractivity contribution is 0.0601. The number of esters is 1. The highest BCUT2D eigenvalue weighted by Crippen LogP contribution is 2.26. The molecule has 0 heterocycles. The van der Waals surface area contributed by atoms with Gasteiger partial charge in [-0.25, -0.2) is 9.18 Å². The molecule has 0 radical (unpaired) electrons. The van der Waals surface area contributed by atoms with Gasteiger partial charge in [-0.05, 0) is 42.3 Å². The van der Waals surface area contributed by atoms with Crippen molar-refractivity contribution in [3.63, 3.8) is 0 Å². The minimum absolute atomic E-state index is 0.380. The second kappa shape index (κ2) is 6.19. The topological polar surface area (TPSA) is 35.5 Å². The van der Waals surface area contributed by atoms with Crippen LogP contribution in [0.4, 0.5) is 4.39 Å². The summed E-state index contributed by atoms with van der Waals surface area (Å²) in [6.45, 7) is 2.30. The van der Waals surface area contributed by atoms with Crippen molar-refractivity contribution in [3.05, 3.63) is 53.8 Å². The summed E-state index contributed by atoms with van der Waals surface area (Å²) >= 11 is 0. The molecule has 2 aromatic carbocycles. The zero-order valence-corrected chi connectivity index (χ0v) is 11.4. The van der Waals surface area contributed by atoms with E-state index in [1.165, 1.54) is 19.2 Å². The van der Waals surface area contributed by atoms with E-state index in [1.54, 1.807) is 30.3 Å². The van der Waals surface area contributed by atoms with E-state index in [1.807, 2.05) is 6.92 Å². The van der Waals surface area contributed by atoms with Crippen LogP contribution in [0.1, 0.15) is 17.3 Å². The number of rotatable bonds is 4. The Kier molecular flexibility index (Phi) is 4.35. The standard InChI is InChI=1S/C16H15FO3/c1-3-20-15-9-13(8-14(17)10-15)11-5-4-6-12(7-11)16(18)19-2/h4-10H,3H2,1-2H3. The van der Waals surface area contributed by atoms with Crippen LogP contribution in [0.25, 0.3) is 11.1 Å². The maximum Gasteiger partial charge on any atom is 0.337 e. The molecule has 4 heteroatoms. The lowest BCUT2D eigenvalue weighted by Gasteiger charge is -2.08. The summed E-state index contributed by atoms with van der Waals surface area (Å²) in [5.41, 5.74) is 1.81. The molecule has 0 fully saturated rings. The van der Waals surface area contributed by atoms with Crippen molar-refractivity contribution in [1.82, 2.24) is 0 Å². The van der Waals surface area contributed by atoms with Crippen LogP contribution >= 0.6 is 0 Å². The number of carbonyl (C=O) groups excluding carboxylic acids is 1. The number of ether oxygens (including phenoxy) is 2. The molecule has 2 rings (SSSR count). The molecule has 104 valence electrons. The molecule has 0 unspecified atom stereocenters. The third kappa shape index (κ3) is 3.15. The summed E-state index contributed by atoms with van der Waals surface area (Å²) in [5, 5.41) is 0. The maximum absolute atomic E-state index is 13.6. The fourth-order valence-electron chi connectivity index (χ4n) is 1.92. The molecule has 0 aliphatic rings. The van der Waals surface area contributed by atoms with Gasteiger partial charge in [-0.1, -0.05) is 12.1 Å². The van der Waals surface area contributed by atoms with Crippen LogP contribution in [0.15, 0.2) is 42.5 Å². The summed E-state index contributed by atoms with van der Waals surface area (Å²) in [5.74, 6) is -0.339. The zero-order valence-electron chi connectivity index (χ0n) is 11.4. The molecule has 0 amide bonds. The second-order valence-electron chi connectivity index (χ2n) is 4.18. The van der Waals surface area contributed by atoms with E-state index in [0.29, 0.717) is 23.5 Å². The quantitative estimate of drug-likeness (QED) is 0.798. The van der Waals surface area contributed by atoms with Crippen LogP contribution in [-0.2, 0) is 4.74 Å². The number of methoxy groups -OCH3 is 1. The SMILES string of the molecule is CCOc1cc(F)cc(-c2cccc(C(=O)OC)c2)c1. The third-order valence-electron chi connectivity index (χ3n) is 2.80. The van der Waals surface area contributed by atoms with Crippen molar-refractivity contribution < 1.29 is 18.7 Å². The fraction of sp³-hybridized carbons (Fsp3) is 0.188. The van der Waals surface area contributed by atoms with Gasteiger partial charge in [0.25, 0.3) is 0 Å². The summed E-state index contributed by atoms with van der Waals surface area (Å²) in [6, 6.07) is 11.3. The number of halogens is 1. The van der Waals surface area contributed by atoms with Gasteiger partial charge in [0, 0.05) is 6.07 Å². The van der Waals surface area contributed by atoms with Crippen LogP contribution < -0.4 is 4.74 Å². The molecule has 0 saturated carbocycles. The molecule has 0 aliphatic carbocycles. The second-order valence-corrected chi connectivity index (χ2v) is 4.18. The Hall–Kier alpha value is -2.36. The van der Waals surface area contributed by atoms with Gasteiger partial charge in [0.05, 0.1) is 19.3 Å². The third-order valence-corrected chi connectivity index (χ3v) is 2.80. The van der Waals surface area contributed by atoms with E-state index in [9.17, 15) is 9.18 Å². The Balaban J connectivity index is 2.43. The Morgan fingerprint density at radius 1 is 1.15 bits per heavy atom. The molecule has 2 aromatic rings. The smallest absolute Gasteiger partial charge is 0.337 e. The van der Waals surface area contributed by atoms with Crippen LogP contribution in [0.5, 0.6) is 5.75 Å². The fourth-order valence-corrected chi connectivity index (χ4v) is 1.92. The van der Waals surface area contributed by atoms with Crippen molar-refractivity contribution in [1.29, 1.82) is 0 Å². The monoisotopic (exact) mass is 274 g/mol. The lowest BCUT2D eigenvalue weighted by atomic mass is 10.0. The minimum Gasteiger partial charge on any atom is -0.494 e. The van der Waals surface area contributed by atoms with E-state index < -0.39 is 5.97 Å². The first kappa shape index (κ1) is 14.1. The summed E-state index contributed by atoms with van der Waals surface area (Å²) in [7, 11) is 1.32. The predicted octanol–water partition coefficient (Wildman–Crippen LogP) is 3.68. The van der Waals surface area contributed by atoms with E-state index in [0.717, 1.165) is 5.56 Å². The Bertz CT molecular complexity index is 623. The van der Waals surface area contributed by atoms with Gasteiger partial charge >= 0.3 is 5.97 Å². The van der Waals surface area contributed by atoms with Crippen molar-refractivity contribution in [2.45, 2.75) is 6.92 Å². The molecular weight excluding hydrogens is 259 g/mol. The van der Waals surface area contributed by atoms with Gasteiger partial charge in [0.15, 0.2) is 0 Å². The van der Waals surface area contributed by atoms with Crippen LogP contribution in [0.3, 0.4) is 0 Å². The number of benzene rings is 2. The van der Waals surface area contributed by atoms with Gasteiger partial charge in [0.2, 0.25) is 0 Å². The molecule has 0 saturated heterocycles. The van der Waals surface area contributed by atoms with Gasteiger partial charge in [0.1, 0.15) is 11.6 Å². The highest BCUT2D eigenvalue weighted by Gasteiger charge is 2.08. The zero-order chi connectivity index (χ0) is 14.5. The van der Waals surface area contributed by atoms with Crippen LogP contribution in [-0.4, -0.2) is 19.7 Å². The minimum atomic E-state index is -0.423. The average Bonchev–Trinajstić information content (AvgIpc) is 2.46. The molecule has 20 heavy (non-hydrogen) atoms. The summed E-state index contributed by atoms with van der Waals surface area (Å²) < 4.78 is 23.6. The molecule has 0 aromatic heterocycles. The first-order chi connectivity index (χ1) is 9.63. The van der Waals surface area contributed by atoms with Gasteiger partial charge in [-0.2, -0.15) is 0 Å². The molecular formula is C16H15FO3. The average molecular weight is 274 g/mol. The molecule has 3 nitrogen and oxygen atoms in total. The van der Waals surface area contributed by atoms with Gasteiger partial charge in [-0.3, -0.25) is 0 Å². The molecule has 0 spiro atoms. The first-order valence-electron chi connectivity index (χ1n) is 6.26. The normalized spacial score (nSPS) is 10.2. The van der Waals surface area contributed by atoms with Crippen LogP contribution in [0.2, 0.25) is 0 Å². The van der Waals surface area contributed by atoms with Crippen molar-refractivity contribution >= 4 is 5.97 Å².